The Labute approximate surface area is 136 Å². The first-order valence-corrected chi connectivity index (χ1v) is 7.73. The van der Waals surface area contributed by atoms with Crippen LogP contribution in [-0.2, 0) is 9.59 Å². The second-order valence-corrected chi connectivity index (χ2v) is 6.18. The number of allylic oxidation sites excluding steroid dienone is 1. The topological polar surface area (TPSA) is 47.0 Å². The molecule has 1 aliphatic rings. The van der Waals surface area contributed by atoms with E-state index in [4.69, 9.17) is 0 Å². The molecule has 0 radical (unpaired) electrons. The van der Waals surface area contributed by atoms with Crippen LogP contribution in [0.3, 0.4) is 0 Å². The number of hydrogen-bond acceptors (Lipinski definition) is 3. The maximum atomic E-state index is 12.8. The van der Waals surface area contributed by atoms with Gasteiger partial charge in [0.15, 0.2) is 11.6 Å². The van der Waals surface area contributed by atoms with E-state index in [-0.39, 0.29) is 18.0 Å². The van der Waals surface area contributed by atoms with E-state index < -0.39 is 5.92 Å². The van der Waals surface area contributed by atoms with Gasteiger partial charge in [-0.05, 0) is 55.7 Å². The molecule has 1 aromatic heterocycles. The first kappa shape index (κ1) is 15.3. The predicted molar refractivity (Wildman–Crippen MR) is 90.2 cm³/mol. The molecule has 3 rings (SSSR count). The number of Topliss-reactive ketones (excluding diaryl/α,β-unsaturated/α-hetero) is 2. The molecular formula is C20H19NO2. The molecule has 1 aromatic carbocycles. The lowest BCUT2D eigenvalue weighted by molar-refractivity contribution is -0.123. The zero-order chi connectivity index (χ0) is 16.6. The third kappa shape index (κ3) is 2.87. The smallest absolute Gasteiger partial charge is 0.174 e. The number of rotatable bonds is 2. The van der Waals surface area contributed by atoms with E-state index in [0.717, 1.165) is 22.3 Å². The van der Waals surface area contributed by atoms with Crippen LogP contribution in [0, 0.1) is 20.8 Å². The van der Waals surface area contributed by atoms with Gasteiger partial charge >= 0.3 is 0 Å². The number of carbonyl (C=O) groups excluding carboxylic acids is 2. The van der Waals surface area contributed by atoms with Crippen LogP contribution in [0.4, 0.5) is 0 Å². The molecule has 1 fully saturated rings. The molecule has 0 N–H and O–H groups in total. The molecule has 1 atom stereocenters. The summed E-state index contributed by atoms with van der Waals surface area (Å²) >= 11 is 0. The number of benzene rings is 1. The fraction of sp³-hybridized carbons (Fsp3) is 0.250. The van der Waals surface area contributed by atoms with E-state index >= 15 is 0 Å². The number of aromatic nitrogens is 1. The van der Waals surface area contributed by atoms with E-state index in [2.05, 4.69) is 4.98 Å². The summed E-state index contributed by atoms with van der Waals surface area (Å²) in [7, 11) is 0. The summed E-state index contributed by atoms with van der Waals surface area (Å²) in [5.41, 5.74) is 5.29. The summed E-state index contributed by atoms with van der Waals surface area (Å²) in [4.78, 5) is 29.5. The van der Waals surface area contributed by atoms with E-state index in [1.807, 2.05) is 51.1 Å². The fourth-order valence-corrected chi connectivity index (χ4v) is 3.41. The van der Waals surface area contributed by atoms with E-state index in [1.165, 1.54) is 0 Å². The van der Waals surface area contributed by atoms with Gasteiger partial charge in [0.2, 0.25) is 0 Å². The molecule has 0 amide bonds. The summed E-state index contributed by atoms with van der Waals surface area (Å²) in [6.07, 6.45) is 3.60. The van der Waals surface area contributed by atoms with Crippen molar-refractivity contribution in [1.29, 1.82) is 0 Å². The molecule has 1 unspecified atom stereocenters. The van der Waals surface area contributed by atoms with Gasteiger partial charge in [0.25, 0.3) is 0 Å². The highest BCUT2D eigenvalue weighted by Crippen LogP contribution is 2.36. The zero-order valence-corrected chi connectivity index (χ0v) is 13.6. The molecule has 23 heavy (non-hydrogen) atoms. The van der Waals surface area contributed by atoms with Gasteiger partial charge in [-0.2, -0.15) is 0 Å². The minimum absolute atomic E-state index is 0.0211. The van der Waals surface area contributed by atoms with Crippen molar-refractivity contribution < 1.29 is 9.59 Å². The van der Waals surface area contributed by atoms with Crippen molar-refractivity contribution in [2.75, 3.05) is 0 Å². The number of aryl methyl sites for hydroxylation is 3. The van der Waals surface area contributed by atoms with Gasteiger partial charge in [0.05, 0.1) is 5.69 Å². The molecule has 0 spiro atoms. The molecule has 0 saturated heterocycles. The second-order valence-electron chi connectivity index (χ2n) is 6.18. The van der Waals surface area contributed by atoms with Crippen LogP contribution in [-0.4, -0.2) is 16.6 Å². The third-order valence-electron chi connectivity index (χ3n) is 4.30. The van der Waals surface area contributed by atoms with Crippen molar-refractivity contribution >= 4 is 17.6 Å². The first-order chi connectivity index (χ1) is 11.0. The summed E-state index contributed by atoms with van der Waals surface area (Å²) in [6.45, 7) is 5.96. The highest BCUT2D eigenvalue weighted by Gasteiger charge is 2.39. The average Bonchev–Trinajstić information content (AvgIpc) is 2.75. The van der Waals surface area contributed by atoms with Crippen LogP contribution in [0.2, 0.25) is 0 Å². The number of hydrogen-bond donors (Lipinski definition) is 0. The Morgan fingerprint density at radius 2 is 1.78 bits per heavy atom. The van der Waals surface area contributed by atoms with Gasteiger partial charge in [-0.1, -0.05) is 23.8 Å². The second kappa shape index (κ2) is 5.92. The van der Waals surface area contributed by atoms with Gasteiger partial charge in [0, 0.05) is 18.2 Å². The molecule has 1 saturated carbocycles. The first-order valence-electron chi connectivity index (χ1n) is 7.73. The monoisotopic (exact) mass is 305 g/mol. The molecule has 3 nitrogen and oxygen atoms in total. The van der Waals surface area contributed by atoms with Crippen LogP contribution >= 0.6 is 0 Å². The maximum Gasteiger partial charge on any atom is 0.174 e. The quantitative estimate of drug-likeness (QED) is 0.627. The predicted octanol–water partition coefficient (Wildman–Crippen LogP) is 3.72. The normalized spacial score (nSPS) is 19.6. The summed E-state index contributed by atoms with van der Waals surface area (Å²) in [6, 6.07) is 9.59. The molecule has 0 bridgehead atoms. The van der Waals surface area contributed by atoms with Crippen molar-refractivity contribution in [2.45, 2.75) is 33.1 Å². The van der Waals surface area contributed by atoms with Crippen molar-refractivity contribution in [3.05, 3.63) is 70.0 Å². The summed E-state index contributed by atoms with van der Waals surface area (Å²) in [5.74, 6) is -0.770. The largest absolute Gasteiger partial charge is 0.298 e. The van der Waals surface area contributed by atoms with Crippen molar-refractivity contribution in [3.8, 4) is 0 Å². The summed E-state index contributed by atoms with van der Waals surface area (Å²) < 4.78 is 0. The molecule has 1 aliphatic carbocycles. The van der Waals surface area contributed by atoms with E-state index in [1.54, 1.807) is 12.3 Å². The molecule has 3 heteroatoms. The molecular weight excluding hydrogens is 286 g/mol. The number of nitrogens with zero attached hydrogens (tertiary/aromatic N) is 1. The zero-order valence-electron chi connectivity index (χ0n) is 13.6. The van der Waals surface area contributed by atoms with Gasteiger partial charge in [-0.25, -0.2) is 0 Å². The van der Waals surface area contributed by atoms with Crippen LogP contribution < -0.4 is 0 Å². The number of pyridine rings is 1. The molecule has 0 aliphatic heterocycles. The maximum absolute atomic E-state index is 12.8. The fourth-order valence-electron chi connectivity index (χ4n) is 3.41. The molecule has 116 valence electrons. The Balaban J connectivity index is 2.02. The van der Waals surface area contributed by atoms with Gasteiger partial charge in [-0.3, -0.25) is 14.6 Å². The average molecular weight is 305 g/mol. The molecule has 1 heterocycles. The van der Waals surface area contributed by atoms with Crippen LogP contribution in [0.25, 0.3) is 6.08 Å². The minimum Gasteiger partial charge on any atom is -0.298 e. The van der Waals surface area contributed by atoms with Crippen LogP contribution in [0.1, 0.15) is 40.3 Å². The Morgan fingerprint density at radius 1 is 1.09 bits per heavy atom. The highest BCUT2D eigenvalue weighted by molar-refractivity contribution is 6.24. The van der Waals surface area contributed by atoms with E-state index in [9.17, 15) is 9.59 Å². The van der Waals surface area contributed by atoms with Crippen molar-refractivity contribution in [1.82, 2.24) is 4.98 Å². The lowest BCUT2D eigenvalue weighted by atomic mass is 9.87. The standard InChI is InChI=1S/C20H19NO2/c1-12-8-13(2)18(14(3)9-12)19-17(22)11-15(20(19)23)10-16-6-4-5-7-21-16/h4-10,19H,11H2,1-3H3. The number of carbonyl (C=O) groups is 2. The number of ketones is 2. The minimum atomic E-state index is -0.662. The lowest BCUT2D eigenvalue weighted by Gasteiger charge is -2.15. The van der Waals surface area contributed by atoms with Gasteiger partial charge in [0.1, 0.15) is 5.92 Å². The third-order valence-corrected chi connectivity index (χ3v) is 4.30. The van der Waals surface area contributed by atoms with Crippen molar-refractivity contribution in [3.63, 3.8) is 0 Å². The Kier molecular flexibility index (Phi) is 3.95. The van der Waals surface area contributed by atoms with Gasteiger partial charge < -0.3 is 0 Å². The highest BCUT2D eigenvalue weighted by atomic mass is 16.2. The van der Waals surface area contributed by atoms with Crippen molar-refractivity contribution in [2.24, 2.45) is 0 Å². The Hall–Kier alpha value is -2.55. The van der Waals surface area contributed by atoms with Crippen LogP contribution in [0.15, 0.2) is 42.1 Å². The summed E-state index contributed by atoms with van der Waals surface area (Å²) in [5, 5.41) is 0. The Morgan fingerprint density at radius 3 is 2.39 bits per heavy atom. The van der Waals surface area contributed by atoms with Gasteiger partial charge in [-0.15, -0.1) is 0 Å². The molecule has 2 aromatic rings. The van der Waals surface area contributed by atoms with E-state index in [0.29, 0.717) is 11.3 Å². The van der Waals surface area contributed by atoms with Crippen LogP contribution in [0.5, 0.6) is 0 Å². The SMILES string of the molecule is Cc1cc(C)c(C2C(=O)CC(=Cc3ccccn3)C2=O)c(C)c1. The Bertz CT molecular complexity index is 796. The lowest BCUT2D eigenvalue weighted by Crippen LogP contribution is -2.15.